The normalized spacial score (nSPS) is 27.3. The van der Waals surface area contributed by atoms with Crippen molar-refractivity contribution >= 4 is 23.8 Å². The number of ether oxygens (including phenoxy) is 1. The number of aromatic nitrogens is 2. The van der Waals surface area contributed by atoms with Crippen LogP contribution in [0.1, 0.15) is 30.4 Å². The molecule has 0 radical (unpaired) electrons. The molecule has 142 valence electrons. The molecule has 28 heavy (non-hydrogen) atoms. The van der Waals surface area contributed by atoms with E-state index in [9.17, 15) is 4.79 Å². The topological polar surface area (TPSA) is 80.2 Å². The molecule has 2 atom stereocenters. The van der Waals surface area contributed by atoms with E-state index in [1.807, 2.05) is 36.1 Å². The fraction of sp³-hybridized carbons (Fsp3) is 0.400. The lowest BCUT2D eigenvalue weighted by molar-refractivity contribution is -0.103. The van der Waals surface area contributed by atoms with Crippen LogP contribution >= 0.6 is 0 Å². The third-order valence-corrected chi connectivity index (χ3v) is 5.68. The van der Waals surface area contributed by atoms with Crippen LogP contribution in [0.5, 0.6) is 6.01 Å². The molecule has 0 saturated heterocycles. The Labute approximate surface area is 161 Å². The molecule has 6 rings (SSSR count). The van der Waals surface area contributed by atoms with Crippen molar-refractivity contribution < 1.29 is 14.4 Å². The average Bonchev–Trinajstić information content (AvgIpc) is 3.60. The number of rotatable bonds is 4. The minimum absolute atomic E-state index is 0.0480. The number of hydrogen-bond acceptors (Lipinski definition) is 6. The average molecular weight is 377 g/mol. The second kappa shape index (κ2) is 5.43. The molecule has 2 aliphatic carbocycles. The maximum absolute atomic E-state index is 13.3. The second-order valence-electron chi connectivity index (χ2n) is 7.89. The Morgan fingerprint density at radius 3 is 2.93 bits per heavy atom. The number of nitrogens with zero attached hydrogens (tertiary/aromatic N) is 5. The molecule has 0 spiro atoms. The summed E-state index contributed by atoms with van der Waals surface area (Å²) in [4.78, 5) is 31.2. The first-order valence-electron chi connectivity index (χ1n) is 9.57. The van der Waals surface area contributed by atoms with Gasteiger partial charge in [-0.2, -0.15) is 4.98 Å². The van der Waals surface area contributed by atoms with Gasteiger partial charge in [-0.3, -0.25) is 0 Å². The first-order valence-corrected chi connectivity index (χ1v) is 9.57. The number of carbonyl (C=O) groups is 1. The number of fused-ring (bicyclic) bond motifs is 2. The minimum atomic E-state index is -0.763. The van der Waals surface area contributed by atoms with Gasteiger partial charge in [0.15, 0.2) is 5.82 Å². The monoisotopic (exact) mass is 377 g/mol. The third-order valence-electron chi connectivity index (χ3n) is 5.68. The van der Waals surface area contributed by atoms with Gasteiger partial charge in [0.25, 0.3) is 5.79 Å². The summed E-state index contributed by atoms with van der Waals surface area (Å²) < 4.78 is 5.91. The molecule has 2 fully saturated rings. The maximum Gasteiger partial charge on any atom is 0.330 e. The SMILES string of the molecule is Cc1cccc(N2C(=O)N(C3CC3)Cc3cnc(OC45CC4C=NO5)nc32)c1. The van der Waals surface area contributed by atoms with Crippen molar-refractivity contribution in [3.63, 3.8) is 0 Å². The van der Waals surface area contributed by atoms with Crippen molar-refractivity contribution in [2.24, 2.45) is 11.1 Å². The van der Waals surface area contributed by atoms with Crippen LogP contribution in [0.4, 0.5) is 16.3 Å². The summed E-state index contributed by atoms with van der Waals surface area (Å²) in [5, 5.41) is 3.81. The van der Waals surface area contributed by atoms with Gasteiger partial charge in [-0.1, -0.05) is 17.3 Å². The van der Waals surface area contributed by atoms with E-state index in [1.165, 1.54) is 0 Å². The van der Waals surface area contributed by atoms with E-state index in [4.69, 9.17) is 9.57 Å². The van der Waals surface area contributed by atoms with Crippen LogP contribution in [0.25, 0.3) is 0 Å². The first-order chi connectivity index (χ1) is 13.6. The first kappa shape index (κ1) is 15.9. The quantitative estimate of drug-likeness (QED) is 0.818. The van der Waals surface area contributed by atoms with Gasteiger partial charge in [-0.25, -0.2) is 14.7 Å². The Bertz CT molecular complexity index is 1020. The molecular formula is C20H19N5O3. The molecule has 2 aromatic rings. The van der Waals surface area contributed by atoms with Crippen molar-refractivity contribution in [1.29, 1.82) is 0 Å². The lowest BCUT2D eigenvalue weighted by Gasteiger charge is -2.36. The summed E-state index contributed by atoms with van der Waals surface area (Å²) in [6.07, 6.45) is 6.34. The van der Waals surface area contributed by atoms with Crippen molar-refractivity contribution in [3.05, 3.63) is 41.6 Å². The van der Waals surface area contributed by atoms with Gasteiger partial charge in [0.1, 0.15) is 0 Å². The summed E-state index contributed by atoms with van der Waals surface area (Å²) in [6, 6.07) is 8.34. The summed E-state index contributed by atoms with van der Waals surface area (Å²) in [5.41, 5.74) is 2.79. The highest BCUT2D eigenvalue weighted by atomic mass is 16.8. The van der Waals surface area contributed by atoms with Gasteiger partial charge >= 0.3 is 12.0 Å². The second-order valence-corrected chi connectivity index (χ2v) is 7.89. The summed E-state index contributed by atoms with van der Waals surface area (Å²) >= 11 is 0. The van der Waals surface area contributed by atoms with Crippen LogP contribution in [0.3, 0.4) is 0 Å². The smallest absolute Gasteiger partial charge is 0.330 e. The van der Waals surface area contributed by atoms with E-state index in [0.29, 0.717) is 18.4 Å². The molecule has 0 bridgehead atoms. The molecule has 8 heteroatoms. The Kier molecular flexibility index (Phi) is 3.08. The van der Waals surface area contributed by atoms with E-state index in [2.05, 4.69) is 15.1 Å². The summed E-state index contributed by atoms with van der Waals surface area (Å²) in [6.45, 7) is 2.53. The fourth-order valence-corrected chi connectivity index (χ4v) is 3.88. The number of carbonyl (C=O) groups excluding carboxylic acids is 1. The van der Waals surface area contributed by atoms with Gasteiger partial charge < -0.3 is 14.5 Å². The molecule has 2 amide bonds. The summed E-state index contributed by atoms with van der Waals surface area (Å²) in [5.74, 6) is -0.0433. The van der Waals surface area contributed by atoms with Gasteiger partial charge in [0, 0.05) is 24.2 Å². The van der Waals surface area contributed by atoms with Crippen LogP contribution in [0.15, 0.2) is 35.6 Å². The minimum Gasteiger partial charge on any atom is -0.417 e. The number of oxime groups is 1. The number of hydrogen-bond donors (Lipinski definition) is 0. The predicted octanol–water partition coefficient (Wildman–Crippen LogP) is 3.13. The molecule has 3 heterocycles. The third kappa shape index (κ3) is 2.37. The Balaban J connectivity index is 1.41. The lowest BCUT2D eigenvalue weighted by Crippen LogP contribution is -2.46. The Morgan fingerprint density at radius 1 is 1.32 bits per heavy atom. The number of anilines is 2. The molecule has 0 N–H and O–H groups in total. The highest BCUT2D eigenvalue weighted by Gasteiger charge is 2.64. The molecule has 1 aromatic carbocycles. The molecule has 2 saturated carbocycles. The van der Waals surface area contributed by atoms with E-state index < -0.39 is 5.79 Å². The van der Waals surface area contributed by atoms with Crippen molar-refractivity contribution in [2.45, 2.75) is 44.6 Å². The van der Waals surface area contributed by atoms with Crippen LogP contribution in [-0.2, 0) is 11.4 Å². The van der Waals surface area contributed by atoms with E-state index in [-0.39, 0.29) is 18.0 Å². The van der Waals surface area contributed by atoms with E-state index in [1.54, 1.807) is 17.3 Å². The molecule has 4 aliphatic rings. The molecule has 1 aromatic heterocycles. The highest BCUT2D eigenvalue weighted by molar-refractivity contribution is 6.01. The Hall–Kier alpha value is -3.16. The largest absolute Gasteiger partial charge is 0.417 e. The zero-order chi connectivity index (χ0) is 18.9. The van der Waals surface area contributed by atoms with E-state index in [0.717, 1.165) is 36.1 Å². The molecule has 2 aliphatic heterocycles. The van der Waals surface area contributed by atoms with Gasteiger partial charge in [0.2, 0.25) is 0 Å². The van der Waals surface area contributed by atoms with Crippen molar-refractivity contribution in [2.75, 3.05) is 4.90 Å². The number of aryl methyl sites for hydroxylation is 1. The van der Waals surface area contributed by atoms with Crippen LogP contribution in [0, 0.1) is 12.8 Å². The maximum atomic E-state index is 13.3. The van der Waals surface area contributed by atoms with E-state index >= 15 is 0 Å². The standard InChI is InChI=1S/C20H19N5O3/c1-12-3-2-4-16(7-12)25-17-13(11-24(19(25)26)15-5-6-15)9-21-18(23-17)27-20-8-14(20)10-22-28-20/h2-4,7,9-10,14-15H,5-6,8,11H2,1H3. The molecular weight excluding hydrogens is 358 g/mol. The van der Waals surface area contributed by atoms with Crippen LogP contribution in [-0.4, -0.2) is 38.9 Å². The zero-order valence-corrected chi connectivity index (χ0v) is 15.4. The highest BCUT2D eigenvalue weighted by Crippen LogP contribution is 2.50. The Morgan fingerprint density at radius 2 is 2.21 bits per heavy atom. The number of urea groups is 1. The van der Waals surface area contributed by atoms with Crippen LogP contribution in [0.2, 0.25) is 0 Å². The molecule has 8 nitrogen and oxygen atoms in total. The summed E-state index contributed by atoms with van der Waals surface area (Å²) in [7, 11) is 0. The van der Waals surface area contributed by atoms with Gasteiger partial charge in [0.05, 0.1) is 24.4 Å². The fourth-order valence-electron chi connectivity index (χ4n) is 3.88. The number of amides is 2. The van der Waals surface area contributed by atoms with Crippen molar-refractivity contribution in [1.82, 2.24) is 14.9 Å². The van der Waals surface area contributed by atoms with Gasteiger partial charge in [-0.15, -0.1) is 0 Å². The van der Waals surface area contributed by atoms with Gasteiger partial charge in [-0.05, 0) is 37.5 Å². The lowest BCUT2D eigenvalue weighted by atomic mass is 10.1. The number of benzene rings is 1. The van der Waals surface area contributed by atoms with Crippen LogP contribution < -0.4 is 9.64 Å². The molecule has 2 unspecified atom stereocenters. The zero-order valence-electron chi connectivity index (χ0n) is 15.4. The van der Waals surface area contributed by atoms with Crippen molar-refractivity contribution in [3.8, 4) is 6.01 Å². The predicted molar refractivity (Wildman–Crippen MR) is 100 cm³/mol.